The number of nitrogen functional groups attached to an aromatic ring is 1. The van der Waals surface area contributed by atoms with Gasteiger partial charge in [0, 0.05) is 46.2 Å². The summed E-state index contributed by atoms with van der Waals surface area (Å²) >= 11 is 13.0. The number of aromatic nitrogens is 4. The van der Waals surface area contributed by atoms with E-state index in [0.29, 0.717) is 34.3 Å². The van der Waals surface area contributed by atoms with Crippen LogP contribution in [0.4, 0.5) is 5.82 Å². The smallest absolute Gasteiger partial charge is 0.354 e. The molecule has 8 nitrogen and oxygen atoms in total. The van der Waals surface area contributed by atoms with Gasteiger partial charge in [-0.2, -0.15) is 0 Å². The third-order valence-corrected chi connectivity index (χ3v) is 6.14. The fourth-order valence-corrected chi connectivity index (χ4v) is 4.36. The second-order valence-electron chi connectivity index (χ2n) is 7.46. The van der Waals surface area contributed by atoms with E-state index < -0.39 is 5.97 Å². The van der Waals surface area contributed by atoms with E-state index in [1.165, 1.54) is 12.3 Å². The highest BCUT2D eigenvalue weighted by Crippen LogP contribution is 2.44. The van der Waals surface area contributed by atoms with E-state index in [-0.39, 0.29) is 22.6 Å². The Morgan fingerprint density at radius 3 is 2.70 bits per heavy atom. The van der Waals surface area contributed by atoms with E-state index in [9.17, 15) is 9.90 Å². The predicted molar refractivity (Wildman–Crippen MR) is 127 cm³/mol. The first-order chi connectivity index (χ1) is 15.7. The van der Waals surface area contributed by atoms with Crippen LogP contribution in [0.25, 0.3) is 16.6 Å². The number of carbonyl (C=O) groups is 1. The van der Waals surface area contributed by atoms with Gasteiger partial charge < -0.3 is 15.6 Å². The number of carboxylic acid groups (broad SMARTS) is 1. The maximum Gasteiger partial charge on any atom is 0.354 e. The predicted octanol–water partition coefficient (Wildman–Crippen LogP) is 5.24. The molecule has 3 heterocycles. The van der Waals surface area contributed by atoms with Crippen molar-refractivity contribution < 1.29 is 14.6 Å². The van der Waals surface area contributed by atoms with Gasteiger partial charge in [0.1, 0.15) is 22.8 Å². The SMILES string of the molecule is CCOc1c([C@H](C)c2nc(Cl)c3c(N)nccn23)cc(Cl)c(C)c1-c1ccc(C(=O)O)nc1. The first kappa shape index (κ1) is 22.8. The minimum absolute atomic E-state index is 0.0466. The van der Waals surface area contributed by atoms with Crippen molar-refractivity contribution in [2.45, 2.75) is 26.7 Å². The lowest BCUT2D eigenvalue weighted by atomic mass is 9.91. The molecule has 1 aromatic carbocycles. The highest BCUT2D eigenvalue weighted by molar-refractivity contribution is 6.33. The molecule has 0 spiro atoms. The fourth-order valence-electron chi connectivity index (χ4n) is 3.87. The normalized spacial score (nSPS) is 12.2. The number of carboxylic acids is 1. The highest BCUT2D eigenvalue weighted by atomic mass is 35.5. The zero-order chi connectivity index (χ0) is 23.9. The van der Waals surface area contributed by atoms with E-state index in [0.717, 1.165) is 16.7 Å². The molecule has 0 amide bonds. The molecule has 0 aliphatic rings. The third kappa shape index (κ3) is 3.96. The van der Waals surface area contributed by atoms with E-state index >= 15 is 0 Å². The Kier molecular flexibility index (Phi) is 6.14. The van der Waals surface area contributed by atoms with Crippen molar-refractivity contribution in [1.29, 1.82) is 0 Å². The van der Waals surface area contributed by atoms with Gasteiger partial charge in [-0.3, -0.25) is 4.40 Å². The van der Waals surface area contributed by atoms with Crippen molar-refractivity contribution in [2.24, 2.45) is 0 Å². The van der Waals surface area contributed by atoms with Crippen molar-refractivity contribution in [3.63, 3.8) is 0 Å². The van der Waals surface area contributed by atoms with Crippen LogP contribution in [0.3, 0.4) is 0 Å². The molecule has 0 aliphatic heterocycles. The average molecular weight is 486 g/mol. The van der Waals surface area contributed by atoms with Crippen LogP contribution in [0.2, 0.25) is 10.2 Å². The Morgan fingerprint density at radius 1 is 1.30 bits per heavy atom. The van der Waals surface area contributed by atoms with Crippen LogP contribution in [-0.2, 0) is 0 Å². The number of hydrogen-bond acceptors (Lipinski definition) is 6. The van der Waals surface area contributed by atoms with Crippen LogP contribution >= 0.6 is 23.2 Å². The molecular weight excluding hydrogens is 465 g/mol. The maximum absolute atomic E-state index is 11.2. The van der Waals surface area contributed by atoms with Crippen LogP contribution in [0.5, 0.6) is 5.75 Å². The number of aromatic carboxylic acids is 1. The van der Waals surface area contributed by atoms with Crippen LogP contribution < -0.4 is 10.5 Å². The molecule has 3 aromatic heterocycles. The van der Waals surface area contributed by atoms with E-state index in [1.54, 1.807) is 18.5 Å². The van der Waals surface area contributed by atoms with Gasteiger partial charge in [0.05, 0.1) is 6.61 Å². The first-order valence-corrected chi connectivity index (χ1v) is 10.9. The molecule has 4 aromatic rings. The molecule has 33 heavy (non-hydrogen) atoms. The monoisotopic (exact) mass is 485 g/mol. The lowest BCUT2D eigenvalue weighted by Gasteiger charge is -2.22. The van der Waals surface area contributed by atoms with Gasteiger partial charge in [-0.05, 0) is 31.5 Å². The Bertz CT molecular complexity index is 1370. The summed E-state index contributed by atoms with van der Waals surface area (Å²) in [6.07, 6.45) is 4.85. The number of hydrogen-bond donors (Lipinski definition) is 2. The molecular formula is C23H21Cl2N5O3. The summed E-state index contributed by atoms with van der Waals surface area (Å²) in [5.41, 5.74) is 9.52. The Labute approximate surface area is 200 Å². The van der Waals surface area contributed by atoms with Crippen LogP contribution in [0.15, 0.2) is 36.8 Å². The summed E-state index contributed by atoms with van der Waals surface area (Å²) in [7, 11) is 0. The lowest BCUT2D eigenvalue weighted by molar-refractivity contribution is 0.0690. The number of imidazole rings is 1. The zero-order valence-corrected chi connectivity index (χ0v) is 19.6. The number of benzene rings is 1. The first-order valence-electron chi connectivity index (χ1n) is 10.2. The van der Waals surface area contributed by atoms with Gasteiger partial charge >= 0.3 is 5.97 Å². The fraction of sp³-hybridized carbons (Fsp3) is 0.217. The minimum Gasteiger partial charge on any atom is -0.493 e. The number of ether oxygens (including phenoxy) is 1. The summed E-state index contributed by atoms with van der Waals surface area (Å²) in [5, 5.41) is 9.98. The van der Waals surface area contributed by atoms with E-state index in [1.807, 2.05) is 31.2 Å². The molecule has 0 saturated carbocycles. The molecule has 10 heteroatoms. The number of nitrogens with two attached hydrogens (primary N) is 1. The quantitative estimate of drug-likeness (QED) is 0.383. The van der Waals surface area contributed by atoms with Gasteiger partial charge in [0.25, 0.3) is 0 Å². The number of fused-ring (bicyclic) bond motifs is 1. The standard InChI is InChI=1S/C23H21Cl2N5O3/c1-4-33-19-14(11(2)22-29-20(25)18-21(26)27-7-8-30(18)22)9-15(24)12(3)17(19)13-5-6-16(23(31)32)28-10-13/h5-11H,4H2,1-3H3,(H2,26,27)(H,31,32)/t11-/m0/s1. The number of pyridine rings is 1. The minimum atomic E-state index is -1.10. The van der Waals surface area contributed by atoms with E-state index in [2.05, 4.69) is 15.0 Å². The molecule has 0 saturated heterocycles. The number of rotatable bonds is 6. The topological polar surface area (TPSA) is 116 Å². The summed E-state index contributed by atoms with van der Waals surface area (Å²) in [4.78, 5) is 23.9. The summed E-state index contributed by atoms with van der Waals surface area (Å²) < 4.78 is 7.92. The van der Waals surface area contributed by atoms with Crippen molar-refractivity contribution in [3.05, 3.63) is 69.6 Å². The maximum atomic E-state index is 11.2. The molecule has 0 bridgehead atoms. The lowest BCUT2D eigenvalue weighted by Crippen LogP contribution is -2.09. The van der Waals surface area contributed by atoms with Crippen molar-refractivity contribution >= 4 is 40.5 Å². The van der Waals surface area contributed by atoms with Crippen LogP contribution in [0.1, 0.15) is 47.2 Å². The molecule has 4 rings (SSSR count). The average Bonchev–Trinajstić information content (AvgIpc) is 3.14. The molecule has 1 atom stereocenters. The summed E-state index contributed by atoms with van der Waals surface area (Å²) in [6, 6.07) is 5.00. The van der Waals surface area contributed by atoms with Crippen molar-refractivity contribution in [2.75, 3.05) is 12.3 Å². The van der Waals surface area contributed by atoms with Gasteiger partial charge in [-0.1, -0.05) is 36.2 Å². The summed E-state index contributed by atoms with van der Waals surface area (Å²) in [5.74, 6) is 0.171. The van der Waals surface area contributed by atoms with Gasteiger partial charge in [-0.15, -0.1) is 0 Å². The Morgan fingerprint density at radius 2 is 2.06 bits per heavy atom. The van der Waals surface area contributed by atoms with Crippen LogP contribution in [0, 0.1) is 6.92 Å². The van der Waals surface area contributed by atoms with Gasteiger partial charge in [0.15, 0.2) is 11.0 Å². The molecule has 3 N–H and O–H groups in total. The molecule has 0 unspecified atom stereocenters. The zero-order valence-electron chi connectivity index (χ0n) is 18.1. The van der Waals surface area contributed by atoms with Gasteiger partial charge in [-0.25, -0.2) is 19.7 Å². The largest absolute Gasteiger partial charge is 0.493 e. The second-order valence-corrected chi connectivity index (χ2v) is 8.23. The second kappa shape index (κ2) is 8.88. The molecule has 0 radical (unpaired) electrons. The number of halogens is 2. The summed E-state index contributed by atoms with van der Waals surface area (Å²) in [6.45, 7) is 6.16. The number of anilines is 1. The molecule has 0 fully saturated rings. The highest BCUT2D eigenvalue weighted by Gasteiger charge is 2.26. The number of nitrogens with zero attached hydrogens (tertiary/aromatic N) is 4. The van der Waals surface area contributed by atoms with Crippen molar-refractivity contribution in [3.8, 4) is 16.9 Å². The third-order valence-electron chi connectivity index (χ3n) is 5.49. The Balaban J connectivity index is 1.94. The molecule has 170 valence electrons. The molecule has 0 aliphatic carbocycles. The van der Waals surface area contributed by atoms with E-state index in [4.69, 9.17) is 33.7 Å². The Hall–Kier alpha value is -3.36. The van der Waals surface area contributed by atoms with Crippen molar-refractivity contribution in [1.82, 2.24) is 19.4 Å². The van der Waals surface area contributed by atoms with Gasteiger partial charge in [0.2, 0.25) is 0 Å². The van der Waals surface area contributed by atoms with Crippen LogP contribution in [-0.4, -0.2) is 37.0 Å².